The molecule has 2 fully saturated rings. The summed E-state index contributed by atoms with van der Waals surface area (Å²) >= 11 is 0. The van der Waals surface area contributed by atoms with Crippen molar-refractivity contribution in [1.82, 2.24) is 14.8 Å². The van der Waals surface area contributed by atoms with Crippen LogP contribution in [0.25, 0.3) is 10.9 Å². The standard InChI is InChI=1S/C22H29N3O4/c1-13(2)25-19-6-4-3-5-14(19)9-18(22(25)29)21(28)23-15-10-16-7-8-17(11-15)24(16)12-20(26)27/h3-6,9,13,15-17,20,26-27H,7-8,10-12H2,1-2H3,(H,23,28). The summed E-state index contributed by atoms with van der Waals surface area (Å²) < 4.78 is 1.68. The fraction of sp³-hybridized carbons (Fsp3) is 0.545. The average Bonchev–Trinajstić information content (AvgIpc) is 2.88. The van der Waals surface area contributed by atoms with Gasteiger partial charge < -0.3 is 20.1 Å². The zero-order valence-corrected chi connectivity index (χ0v) is 16.9. The molecule has 1 amide bonds. The Morgan fingerprint density at radius 2 is 1.83 bits per heavy atom. The Labute approximate surface area is 169 Å². The lowest BCUT2D eigenvalue weighted by Crippen LogP contribution is -2.52. The number of carbonyl (C=O) groups excluding carboxylic acids is 1. The number of aliphatic hydroxyl groups is 2. The molecule has 29 heavy (non-hydrogen) atoms. The number of piperidine rings is 1. The Hall–Kier alpha value is -2.22. The molecule has 2 aromatic rings. The minimum absolute atomic E-state index is 0.00884. The number of aliphatic hydroxyl groups excluding tert-OH is 1. The molecular weight excluding hydrogens is 370 g/mol. The first kappa shape index (κ1) is 20.1. The number of nitrogens with one attached hydrogen (secondary N) is 1. The van der Waals surface area contributed by atoms with E-state index in [1.54, 1.807) is 10.6 Å². The highest BCUT2D eigenvalue weighted by molar-refractivity contribution is 5.97. The van der Waals surface area contributed by atoms with Crippen molar-refractivity contribution in [2.75, 3.05) is 6.54 Å². The molecule has 4 rings (SSSR count). The zero-order chi connectivity index (χ0) is 20.7. The second kappa shape index (κ2) is 7.89. The number of benzene rings is 1. The van der Waals surface area contributed by atoms with Gasteiger partial charge in [0.25, 0.3) is 11.5 Å². The zero-order valence-electron chi connectivity index (χ0n) is 16.9. The molecule has 2 atom stereocenters. The quantitative estimate of drug-likeness (QED) is 0.664. The van der Waals surface area contributed by atoms with E-state index in [-0.39, 0.29) is 47.7 Å². The van der Waals surface area contributed by atoms with Gasteiger partial charge in [0.05, 0.1) is 5.52 Å². The molecule has 0 radical (unpaired) electrons. The number of hydrogen-bond acceptors (Lipinski definition) is 5. The number of pyridine rings is 1. The number of nitrogens with zero attached hydrogens (tertiary/aromatic N) is 2. The van der Waals surface area contributed by atoms with Crippen LogP contribution in [0.4, 0.5) is 0 Å². The largest absolute Gasteiger partial charge is 0.367 e. The van der Waals surface area contributed by atoms with Crippen LogP contribution in [0.3, 0.4) is 0 Å². The maximum atomic E-state index is 13.1. The van der Waals surface area contributed by atoms with Crippen molar-refractivity contribution in [1.29, 1.82) is 0 Å². The molecule has 0 saturated carbocycles. The van der Waals surface area contributed by atoms with Gasteiger partial charge in [-0.1, -0.05) is 18.2 Å². The first-order valence-electron chi connectivity index (χ1n) is 10.4. The summed E-state index contributed by atoms with van der Waals surface area (Å²) in [6.45, 7) is 4.14. The van der Waals surface area contributed by atoms with Crippen molar-refractivity contribution in [3.63, 3.8) is 0 Å². The SMILES string of the molecule is CC(C)n1c(=O)c(C(=O)NC2CC3CCC(C2)N3CC(O)O)cc2ccccc21. The van der Waals surface area contributed by atoms with Crippen LogP contribution in [0, 0.1) is 0 Å². The lowest BCUT2D eigenvalue weighted by molar-refractivity contribution is -0.0759. The number of fused-ring (bicyclic) bond motifs is 3. The van der Waals surface area contributed by atoms with Gasteiger partial charge in [0.1, 0.15) is 5.56 Å². The average molecular weight is 399 g/mol. The maximum Gasteiger partial charge on any atom is 0.264 e. The van der Waals surface area contributed by atoms with E-state index in [4.69, 9.17) is 0 Å². The molecule has 7 heteroatoms. The van der Waals surface area contributed by atoms with Crippen LogP contribution in [-0.2, 0) is 0 Å². The molecule has 1 aromatic carbocycles. The van der Waals surface area contributed by atoms with Crippen LogP contribution in [-0.4, -0.2) is 56.5 Å². The number of hydrogen-bond donors (Lipinski definition) is 3. The van der Waals surface area contributed by atoms with E-state index < -0.39 is 6.29 Å². The highest BCUT2D eigenvalue weighted by atomic mass is 16.5. The van der Waals surface area contributed by atoms with Crippen molar-refractivity contribution in [3.05, 3.63) is 46.2 Å². The van der Waals surface area contributed by atoms with Gasteiger partial charge in [-0.25, -0.2) is 0 Å². The third kappa shape index (κ3) is 3.82. The normalized spacial score (nSPS) is 24.6. The topological polar surface area (TPSA) is 94.8 Å². The minimum Gasteiger partial charge on any atom is -0.367 e. The first-order valence-corrected chi connectivity index (χ1v) is 10.4. The molecule has 2 unspecified atom stereocenters. The minimum atomic E-state index is -1.34. The fourth-order valence-corrected chi connectivity index (χ4v) is 5.10. The number of amides is 1. The van der Waals surface area contributed by atoms with Gasteiger partial charge in [-0.05, 0) is 57.0 Å². The van der Waals surface area contributed by atoms with Crippen molar-refractivity contribution in [2.45, 2.75) is 70.0 Å². The van der Waals surface area contributed by atoms with E-state index in [0.717, 1.165) is 36.6 Å². The van der Waals surface area contributed by atoms with Gasteiger partial charge in [0.2, 0.25) is 0 Å². The summed E-state index contributed by atoms with van der Waals surface area (Å²) in [7, 11) is 0. The van der Waals surface area contributed by atoms with Crippen LogP contribution in [0.2, 0.25) is 0 Å². The van der Waals surface area contributed by atoms with Gasteiger partial charge in [-0.15, -0.1) is 0 Å². The molecule has 2 aliphatic rings. The van der Waals surface area contributed by atoms with Gasteiger partial charge in [0, 0.05) is 30.7 Å². The summed E-state index contributed by atoms with van der Waals surface area (Å²) in [5.41, 5.74) is 0.746. The molecule has 2 bridgehead atoms. The first-order chi connectivity index (χ1) is 13.8. The van der Waals surface area contributed by atoms with Gasteiger partial charge in [0.15, 0.2) is 6.29 Å². The highest BCUT2D eigenvalue weighted by Gasteiger charge is 2.41. The highest BCUT2D eigenvalue weighted by Crippen LogP contribution is 2.35. The number of carbonyl (C=O) groups is 1. The second-order valence-electron chi connectivity index (χ2n) is 8.59. The van der Waals surface area contributed by atoms with E-state index in [1.807, 2.05) is 38.1 Å². The molecule has 7 nitrogen and oxygen atoms in total. The van der Waals surface area contributed by atoms with Crippen LogP contribution in [0.5, 0.6) is 0 Å². The van der Waals surface area contributed by atoms with Crippen LogP contribution in [0.15, 0.2) is 35.1 Å². The maximum absolute atomic E-state index is 13.1. The molecule has 0 aliphatic carbocycles. The predicted molar refractivity (Wildman–Crippen MR) is 111 cm³/mol. The smallest absolute Gasteiger partial charge is 0.264 e. The summed E-state index contributed by atoms with van der Waals surface area (Å²) in [6, 6.07) is 9.74. The number of para-hydroxylation sites is 1. The molecule has 156 valence electrons. The van der Waals surface area contributed by atoms with E-state index >= 15 is 0 Å². The lowest BCUT2D eigenvalue weighted by Gasteiger charge is -2.39. The monoisotopic (exact) mass is 399 g/mol. The third-order valence-electron chi connectivity index (χ3n) is 6.30. The van der Waals surface area contributed by atoms with Gasteiger partial charge in [-0.2, -0.15) is 0 Å². The Morgan fingerprint density at radius 1 is 1.17 bits per heavy atom. The Kier molecular flexibility index (Phi) is 5.46. The van der Waals surface area contributed by atoms with Crippen LogP contribution >= 0.6 is 0 Å². The van der Waals surface area contributed by atoms with Crippen molar-refractivity contribution >= 4 is 16.8 Å². The van der Waals surface area contributed by atoms with Crippen molar-refractivity contribution in [2.24, 2.45) is 0 Å². The molecule has 2 aliphatic heterocycles. The van der Waals surface area contributed by atoms with Crippen molar-refractivity contribution < 1.29 is 15.0 Å². The van der Waals surface area contributed by atoms with E-state index in [9.17, 15) is 19.8 Å². The Morgan fingerprint density at radius 3 is 2.45 bits per heavy atom. The van der Waals surface area contributed by atoms with Crippen LogP contribution in [0.1, 0.15) is 55.9 Å². The molecule has 2 saturated heterocycles. The fourth-order valence-electron chi connectivity index (χ4n) is 5.10. The van der Waals surface area contributed by atoms with Gasteiger partial charge in [-0.3, -0.25) is 14.5 Å². The second-order valence-corrected chi connectivity index (χ2v) is 8.59. The van der Waals surface area contributed by atoms with E-state index in [0.29, 0.717) is 0 Å². The van der Waals surface area contributed by atoms with Crippen LogP contribution < -0.4 is 10.9 Å². The Balaban J connectivity index is 1.56. The molecule has 3 N–H and O–H groups in total. The molecule has 3 heterocycles. The number of aromatic nitrogens is 1. The summed E-state index contributed by atoms with van der Waals surface area (Å²) in [4.78, 5) is 28.2. The lowest BCUT2D eigenvalue weighted by atomic mass is 9.96. The van der Waals surface area contributed by atoms with Gasteiger partial charge >= 0.3 is 0 Å². The Bertz CT molecular complexity index is 954. The van der Waals surface area contributed by atoms with E-state index in [1.165, 1.54) is 0 Å². The third-order valence-corrected chi connectivity index (χ3v) is 6.30. The number of rotatable bonds is 5. The van der Waals surface area contributed by atoms with E-state index in [2.05, 4.69) is 10.2 Å². The molecule has 1 aromatic heterocycles. The molecular formula is C22H29N3O4. The summed E-state index contributed by atoms with van der Waals surface area (Å²) in [6.07, 6.45) is 2.19. The summed E-state index contributed by atoms with van der Waals surface area (Å²) in [5.74, 6) is -0.324. The summed E-state index contributed by atoms with van der Waals surface area (Å²) in [5, 5.41) is 22.6. The molecule has 0 spiro atoms. The van der Waals surface area contributed by atoms with Crippen molar-refractivity contribution in [3.8, 4) is 0 Å². The predicted octanol–water partition coefficient (Wildman–Crippen LogP) is 1.62.